The van der Waals surface area contributed by atoms with Gasteiger partial charge in [-0.3, -0.25) is 9.78 Å². The number of rotatable bonds is 2. The standard InChI is InChI=1S/C15H14N4O/c1-9-6-11(4-5-17-9)19-15(20)13-8-18-14-3-2-10(16)7-12(13)14/h2-8,18H,16H2,1H3,(H,17,19,20). The van der Waals surface area contributed by atoms with Gasteiger partial charge >= 0.3 is 0 Å². The molecule has 3 aromatic rings. The summed E-state index contributed by atoms with van der Waals surface area (Å²) in [7, 11) is 0. The number of pyridine rings is 1. The van der Waals surface area contributed by atoms with Crippen molar-refractivity contribution in [3.63, 3.8) is 0 Å². The molecule has 100 valence electrons. The molecule has 0 saturated heterocycles. The van der Waals surface area contributed by atoms with Gasteiger partial charge in [0, 0.05) is 40.4 Å². The Kier molecular flexibility index (Phi) is 2.87. The molecular weight excluding hydrogens is 252 g/mol. The van der Waals surface area contributed by atoms with Crippen LogP contribution in [0.5, 0.6) is 0 Å². The molecule has 5 nitrogen and oxygen atoms in total. The van der Waals surface area contributed by atoms with Crippen LogP contribution in [0.2, 0.25) is 0 Å². The fourth-order valence-electron chi connectivity index (χ4n) is 2.15. The van der Waals surface area contributed by atoms with E-state index in [0.29, 0.717) is 11.3 Å². The maximum atomic E-state index is 12.3. The number of amides is 1. The lowest BCUT2D eigenvalue weighted by Crippen LogP contribution is -2.11. The summed E-state index contributed by atoms with van der Waals surface area (Å²) in [5, 5.41) is 3.67. The van der Waals surface area contributed by atoms with Crippen molar-refractivity contribution in [3.8, 4) is 0 Å². The summed E-state index contributed by atoms with van der Waals surface area (Å²) in [6.45, 7) is 1.88. The van der Waals surface area contributed by atoms with Gasteiger partial charge in [0.25, 0.3) is 5.91 Å². The first kappa shape index (κ1) is 12.2. The highest BCUT2D eigenvalue weighted by molar-refractivity contribution is 6.13. The number of anilines is 2. The van der Waals surface area contributed by atoms with Crippen LogP contribution >= 0.6 is 0 Å². The maximum absolute atomic E-state index is 12.3. The van der Waals surface area contributed by atoms with Crippen molar-refractivity contribution >= 4 is 28.2 Å². The van der Waals surface area contributed by atoms with Crippen LogP contribution in [0.25, 0.3) is 10.9 Å². The molecule has 1 amide bonds. The lowest BCUT2D eigenvalue weighted by Gasteiger charge is -2.05. The molecule has 3 rings (SSSR count). The van der Waals surface area contributed by atoms with E-state index in [9.17, 15) is 4.79 Å². The third-order valence-electron chi connectivity index (χ3n) is 3.10. The van der Waals surface area contributed by atoms with Crippen LogP contribution in [0.15, 0.2) is 42.7 Å². The number of nitrogens with zero attached hydrogens (tertiary/aromatic N) is 1. The molecule has 2 aromatic heterocycles. The Balaban J connectivity index is 1.94. The van der Waals surface area contributed by atoms with Crippen molar-refractivity contribution in [2.24, 2.45) is 0 Å². The van der Waals surface area contributed by atoms with E-state index in [1.165, 1.54) is 0 Å². The highest BCUT2D eigenvalue weighted by atomic mass is 16.1. The zero-order valence-electron chi connectivity index (χ0n) is 11.0. The number of benzene rings is 1. The van der Waals surface area contributed by atoms with E-state index in [-0.39, 0.29) is 5.91 Å². The lowest BCUT2D eigenvalue weighted by molar-refractivity contribution is 0.102. The molecule has 0 fully saturated rings. The molecule has 2 heterocycles. The number of carbonyl (C=O) groups excluding carboxylic acids is 1. The predicted molar refractivity (Wildman–Crippen MR) is 79.6 cm³/mol. The molecule has 1 aromatic carbocycles. The Morgan fingerprint density at radius 1 is 1.30 bits per heavy atom. The van der Waals surface area contributed by atoms with Gasteiger partial charge in [0.1, 0.15) is 0 Å². The number of aryl methyl sites for hydroxylation is 1. The number of hydrogen-bond acceptors (Lipinski definition) is 3. The summed E-state index contributed by atoms with van der Waals surface area (Å²) in [6.07, 6.45) is 3.35. The van der Waals surface area contributed by atoms with Gasteiger partial charge in [-0.25, -0.2) is 0 Å². The maximum Gasteiger partial charge on any atom is 0.257 e. The van der Waals surface area contributed by atoms with Gasteiger partial charge < -0.3 is 16.0 Å². The van der Waals surface area contributed by atoms with Crippen LogP contribution in [0.4, 0.5) is 11.4 Å². The number of carbonyl (C=O) groups is 1. The third-order valence-corrected chi connectivity index (χ3v) is 3.10. The van der Waals surface area contributed by atoms with Crippen LogP contribution in [-0.4, -0.2) is 15.9 Å². The Morgan fingerprint density at radius 2 is 2.15 bits per heavy atom. The topological polar surface area (TPSA) is 83.8 Å². The second kappa shape index (κ2) is 4.70. The van der Waals surface area contributed by atoms with Gasteiger partial charge in [-0.1, -0.05) is 0 Å². The first-order valence-electron chi connectivity index (χ1n) is 6.24. The minimum absolute atomic E-state index is 0.174. The number of nitrogens with two attached hydrogens (primary N) is 1. The molecule has 0 atom stereocenters. The van der Waals surface area contributed by atoms with Gasteiger partial charge in [-0.15, -0.1) is 0 Å². The molecule has 0 spiro atoms. The average Bonchev–Trinajstić information content (AvgIpc) is 2.81. The van der Waals surface area contributed by atoms with Gasteiger partial charge in [-0.05, 0) is 37.3 Å². The summed E-state index contributed by atoms with van der Waals surface area (Å²) in [5.41, 5.74) is 9.43. The fourth-order valence-corrected chi connectivity index (χ4v) is 2.15. The lowest BCUT2D eigenvalue weighted by atomic mass is 10.1. The number of H-pyrrole nitrogens is 1. The molecule has 0 aliphatic carbocycles. The monoisotopic (exact) mass is 266 g/mol. The molecule has 0 aliphatic rings. The van der Waals surface area contributed by atoms with Crippen LogP contribution < -0.4 is 11.1 Å². The van der Waals surface area contributed by atoms with Crippen LogP contribution in [0, 0.1) is 6.92 Å². The Bertz CT molecular complexity index is 791. The molecular formula is C15H14N4O. The van der Waals surface area contributed by atoms with Crippen molar-refractivity contribution in [3.05, 3.63) is 54.0 Å². The highest BCUT2D eigenvalue weighted by Crippen LogP contribution is 2.22. The third kappa shape index (κ3) is 2.21. The number of aromatic nitrogens is 2. The first-order valence-corrected chi connectivity index (χ1v) is 6.24. The van der Waals surface area contributed by atoms with Gasteiger partial charge in [0.2, 0.25) is 0 Å². The number of nitrogens with one attached hydrogen (secondary N) is 2. The second-order valence-corrected chi connectivity index (χ2v) is 4.65. The smallest absolute Gasteiger partial charge is 0.257 e. The summed E-state index contributed by atoms with van der Waals surface area (Å²) >= 11 is 0. The highest BCUT2D eigenvalue weighted by Gasteiger charge is 2.12. The molecule has 0 radical (unpaired) electrons. The largest absolute Gasteiger partial charge is 0.399 e. The van der Waals surface area contributed by atoms with Crippen molar-refractivity contribution in [1.82, 2.24) is 9.97 Å². The molecule has 0 bridgehead atoms. The average molecular weight is 266 g/mol. The van der Waals surface area contributed by atoms with Crippen LogP contribution in [0.1, 0.15) is 16.1 Å². The Hall–Kier alpha value is -2.82. The molecule has 0 unspecified atom stereocenters. The van der Waals surface area contributed by atoms with E-state index < -0.39 is 0 Å². The molecule has 20 heavy (non-hydrogen) atoms. The minimum atomic E-state index is -0.174. The van der Waals surface area contributed by atoms with E-state index in [0.717, 1.165) is 22.3 Å². The summed E-state index contributed by atoms with van der Waals surface area (Å²) in [5.74, 6) is -0.174. The number of hydrogen-bond donors (Lipinski definition) is 3. The van der Waals surface area contributed by atoms with Crippen molar-refractivity contribution in [1.29, 1.82) is 0 Å². The van der Waals surface area contributed by atoms with E-state index in [4.69, 9.17) is 5.73 Å². The first-order chi connectivity index (χ1) is 9.63. The fraction of sp³-hybridized carbons (Fsp3) is 0.0667. The summed E-state index contributed by atoms with van der Waals surface area (Å²) in [6, 6.07) is 9.03. The molecule has 0 aliphatic heterocycles. The number of nitrogen functional groups attached to an aromatic ring is 1. The second-order valence-electron chi connectivity index (χ2n) is 4.65. The van der Waals surface area contributed by atoms with E-state index in [2.05, 4.69) is 15.3 Å². The van der Waals surface area contributed by atoms with Gasteiger partial charge in [0.15, 0.2) is 0 Å². The predicted octanol–water partition coefficient (Wildman–Crippen LogP) is 2.71. The quantitative estimate of drug-likeness (QED) is 0.623. The summed E-state index contributed by atoms with van der Waals surface area (Å²) < 4.78 is 0. The van der Waals surface area contributed by atoms with Gasteiger partial charge in [0.05, 0.1) is 5.56 Å². The zero-order chi connectivity index (χ0) is 14.1. The van der Waals surface area contributed by atoms with Crippen LogP contribution in [-0.2, 0) is 0 Å². The zero-order valence-corrected chi connectivity index (χ0v) is 11.0. The molecule has 4 N–H and O–H groups in total. The summed E-state index contributed by atoms with van der Waals surface area (Å²) in [4.78, 5) is 19.5. The van der Waals surface area contributed by atoms with Crippen molar-refractivity contribution in [2.75, 3.05) is 11.1 Å². The van der Waals surface area contributed by atoms with E-state index in [1.807, 2.05) is 19.1 Å². The van der Waals surface area contributed by atoms with Gasteiger partial charge in [-0.2, -0.15) is 0 Å². The van der Waals surface area contributed by atoms with E-state index >= 15 is 0 Å². The van der Waals surface area contributed by atoms with E-state index in [1.54, 1.807) is 30.6 Å². The number of fused-ring (bicyclic) bond motifs is 1. The minimum Gasteiger partial charge on any atom is -0.399 e. The SMILES string of the molecule is Cc1cc(NC(=O)c2c[nH]c3ccc(N)cc23)ccn1. The Morgan fingerprint density at radius 3 is 2.95 bits per heavy atom. The van der Waals surface area contributed by atoms with Crippen molar-refractivity contribution in [2.45, 2.75) is 6.92 Å². The number of aromatic amines is 1. The Labute approximate surface area is 115 Å². The van der Waals surface area contributed by atoms with Crippen molar-refractivity contribution < 1.29 is 4.79 Å². The van der Waals surface area contributed by atoms with Crippen LogP contribution in [0.3, 0.4) is 0 Å². The molecule has 5 heteroatoms. The molecule has 0 saturated carbocycles. The normalized spacial score (nSPS) is 10.7.